The third kappa shape index (κ3) is 4.49. The summed E-state index contributed by atoms with van der Waals surface area (Å²) in [4.78, 5) is 2.66. The molecule has 1 nitrogen and oxygen atoms in total. The first-order valence-electron chi connectivity index (χ1n) is 8.20. The molecule has 110 valence electrons. The molecule has 1 fully saturated rings. The van der Waals surface area contributed by atoms with Crippen LogP contribution in [0.2, 0.25) is 0 Å². The van der Waals surface area contributed by atoms with Gasteiger partial charge in [0, 0.05) is 19.1 Å². The SMILES string of the molecule is C=CCCN(Cc1ccccc1)C(C)C1CCCCC1. The number of hydrogen-bond donors (Lipinski definition) is 0. The summed E-state index contributed by atoms with van der Waals surface area (Å²) in [5, 5.41) is 0. The van der Waals surface area contributed by atoms with Gasteiger partial charge in [-0.2, -0.15) is 0 Å². The van der Waals surface area contributed by atoms with Crippen molar-refractivity contribution in [1.82, 2.24) is 4.90 Å². The van der Waals surface area contributed by atoms with E-state index in [1.54, 1.807) is 0 Å². The molecule has 0 amide bonds. The lowest BCUT2D eigenvalue weighted by Crippen LogP contribution is -2.39. The van der Waals surface area contributed by atoms with Crippen LogP contribution in [0.5, 0.6) is 0 Å². The van der Waals surface area contributed by atoms with E-state index >= 15 is 0 Å². The summed E-state index contributed by atoms with van der Waals surface area (Å²) in [7, 11) is 0. The van der Waals surface area contributed by atoms with Crippen LogP contribution in [0.4, 0.5) is 0 Å². The molecule has 1 aliphatic rings. The standard InChI is InChI=1S/C19H29N/c1-3-4-15-20(16-18-11-7-5-8-12-18)17(2)19-13-9-6-10-14-19/h3,5,7-8,11-12,17,19H,1,4,6,9-10,13-16H2,2H3. The maximum Gasteiger partial charge on any atom is 0.0236 e. The van der Waals surface area contributed by atoms with Gasteiger partial charge in [0.2, 0.25) is 0 Å². The average molecular weight is 271 g/mol. The zero-order chi connectivity index (χ0) is 14.2. The Morgan fingerprint density at radius 2 is 1.90 bits per heavy atom. The van der Waals surface area contributed by atoms with Crippen LogP contribution in [0.25, 0.3) is 0 Å². The number of benzene rings is 1. The fraction of sp³-hybridized carbons (Fsp3) is 0.579. The van der Waals surface area contributed by atoms with Crippen LogP contribution in [0.15, 0.2) is 43.0 Å². The predicted octanol–water partition coefficient (Wildman–Crippen LogP) is 5.03. The number of hydrogen-bond acceptors (Lipinski definition) is 1. The molecule has 0 aliphatic heterocycles. The van der Waals surface area contributed by atoms with Gasteiger partial charge in [0.1, 0.15) is 0 Å². The lowest BCUT2D eigenvalue weighted by molar-refractivity contribution is 0.124. The van der Waals surface area contributed by atoms with Gasteiger partial charge in [-0.05, 0) is 37.7 Å². The van der Waals surface area contributed by atoms with E-state index in [9.17, 15) is 0 Å². The Hall–Kier alpha value is -1.08. The summed E-state index contributed by atoms with van der Waals surface area (Å²) in [6.07, 6.45) is 10.3. The maximum atomic E-state index is 3.88. The van der Waals surface area contributed by atoms with Crippen molar-refractivity contribution in [2.45, 2.75) is 58.0 Å². The first-order chi connectivity index (χ1) is 9.81. The number of rotatable bonds is 7. The van der Waals surface area contributed by atoms with Crippen LogP contribution in [0, 0.1) is 5.92 Å². The molecule has 0 heterocycles. The highest BCUT2D eigenvalue weighted by Crippen LogP contribution is 2.29. The molecule has 0 saturated heterocycles. The first kappa shape index (κ1) is 15.3. The molecule has 0 bridgehead atoms. The van der Waals surface area contributed by atoms with Crippen molar-refractivity contribution in [3.63, 3.8) is 0 Å². The van der Waals surface area contributed by atoms with E-state index in [0.29, 0.717) is 6.04 Å². The monoisotopic (exact) mass is 271 g/mol. The normalized spacial score (nSPS) is 18.1. The van der Waals surface area contributed by atoms with Crippen LogP contribution in [-0.4, -0.2) is 17.5 Å². The molecule has 1 atom stereocenters. The lowest BCUT2D eigenvalue weighted by Gasteiger charge is -2.36. The highest BCUT2D eigenvalue weighted by atomic mass is 15.1. The summed E-state index contributed by atoms with van der Waals surface area (Å²) in [5.74, 6) is 0.886. The zero-order valence-corrected chi connectivity index (χ0v) is 12.9. The van der Waals surface area contributed by atoms with E-state index in [1.807, 2.05) is 6.08 Å². The van der Waals surface area contributed by atoms with Gasteiger partial charge >= 0.3 is 0 Å². The van der Waals surface area contributed by atoms with Crippen molar-refractivity contribution in [2.75, 3.05) is 6.54 Å². The van der Waals surface area contributed by atoms with Crippen LogP contribution in [-0.2, 0) is 6.54 Å². The highest BCUT2D eigenvalue weighted by Gasteiger charge is 2.24. The largest absolute Gasteiger partial charge is 0.296 e. The Morgan fingerprint density at radius 3 is 2.55 bits per heavy atom. The zero-order valence-electron chi connectivity index (χ0n) is 12.9. The molecule has 1 aliphatic carbocycles. The van der Waals surface area contributed by atoms with Gasteiger partial charge in [-0.15, -0.1) is 6.58 Å². The minimum absolute atomic E-state index is 0.690. The smallest absolute Gasteiger partial charge is 0.0236 e. The Labute approximate surface area is 124 Å². The second kappa shape index (κ2) is 8.26. The Kier molecular flexibility index (Phi) is 6.32. The van der Waals surface area contributed by atoms with Gasteiger partial charge in [0.05, 0.1) is 0 Å². The maximum absolute atomic E-state index is 3.88. The quantitative estimate of drug-likeness (QED) is 0.628. The molecule has 0 radical (unpaired) electrons. The van der Waals surface area contributed by atoms with Crippen molar-refractivity contribution >= 4 is 0 Å². The Morgan fingerprint density at radius 1 is 1.20 bits per heavy atom. The lowest BCUT2D eigenvalue weighted by atomic mass is 9.83. The van der Waals surface area contributed by atoms with Gasteiger partial charge in [-0.25, -0.2) is 0 Å². The summed E-state index contributed by atoms with van der Waals surface area (Å²) in [6.45, 7) is 8.53. The second-order valence-electron chi connectivity index (χ2n) is 6.17. The molecule has 1 unspecified atom stereocenters. The molecule has 1 aromatic carbocycles. The van der Waals surface area contributed by atoms with Crippen LogP contribution < -0.4 is 0 Å². The van der Waals surface area contributed by atoms with Crippen LogP contribution in [0.1, 0.15) is 51.0 Å². The van der Waals surface area contributed by atoms with E-state index < -0.39 is 0 Å². The molecular weight excluding hydrogens is 242 g/mol. The molecule has 1 aromatic rings. The fourth-order valence-corrected chi connectivity index (χ4v) is 3.42. The van der Waals surface area contributed by atoms with Gasteiger partial charge < -0.3 is 0 Å². The van der Waals surface area contributed by atoms with Crippen LogP contribution in [0.3, 0.4) is 0 Å². The van der Waals surface area contributed by atoms with Crippen molar-refractivity contribution in [1.29, 1.82) is 0 Å². The molecule has 0 N–H and O–H groups in total. The molecule has 0 spiro atoms. The second-order valence-corrected chi connectivity index (χ2v) is 6.17. The van der Waals surface area contributed by atoms with Crippen molar-refractivity contribution in [3.05, 3.63) is 48.6 Å². The topological polar surface area (TPSA) is 3.24 Å². The van der Waals surface area contributed by atoms with Gasteiger partial charge in [0.25, 0.3) is 0 Å². The predicted molar refractivity (Wildman–Crippen MR) is 87.7 cm³/mol. The van der Waals surface area contributed by atoms with Gasteiger partial charge in [0.15, 0.2) is 0 Å². The van der Waals surface area contributed by atoms with E-state index in [4.69, 9.17) is 0 Å². The summed E-state index contributed by atoms with van der Waals surface area (Å²) < 4.78 is 0. The van der Waals surface area contributed by atoms with Crippen molar-refractivity contribution in [2.24, 2.45) is 5.92 Å². The summed E-state index contributed by atoms with van der Waals surface area (Å²) in [6, 6.07) is 11.6. The molecule has 2 rings (SSSR count). The third-order valence-electron chi connectivity index (χ3n) is 4.76. The Bertz CT molecular complexity index is 378. The Balaban J connectivity index is 1.99. The van der Waals surface area contributed by atoms with E-state index in [2.05, 4.69) is 48.7 Å². The number of nitrogens with zero attached hydrogens (tertiary/aromatic N) is 1. The molecular formula is C19H29N. The fourth-order valence-electron chi connectivity index (χ4n) is 3.42. The van der Waals surface area contributed by atoms with E-state index in [1.165, 1.54) is 37.7 Å². The molecule has 0 aromatic heterocycles. The minimum Gasteiger partial charge on any atom is -0.296 e. The average Bonchev–Trinajstić information content (AvgIpc) is 2.52. The summed E-state index contributed by atoms with van der Waals surface area (Å²) >= 11 is 0. The molecule has 1 heteroatoms. The molecule has 20 heavy (non-hydrogen) atoms. The molecule has 1 saturated carbocycles. The van der Waals surface area contributed by atoms with E-state index in [-0.39, 0.29) is 0 Å². The van der Waals surface area contributed by atoms with Crippen molar-refractivity contribution in [3.8, 4) is 0 Å². The van der Waals surface area contributed by atoms with Gasteiger partial charge in [-0.3, -0.25) is 4.90 Å². The third-order valence-corrected chi connectivity index (χ3v) is 4.76. The highest BCUT2D eigenvalue weighted by molar-refractivity contribution is 5.14. The summed E-state index contributed by atoms with van der Waals surface area (Å²) in [5.41, 5.74) is 1.43. The minimum atomic E-state index is 0.690. The van der Waals surface area contributed by atoms with Gasteiger partial charge in [-0.1, -0.05) is 55.7 Å². The first-order valence-corrected chi connectivity index (χ1v) is 8.20. The van der Waals surface area contributed by atoms with E-state index in [0.717, 1.165) is 25.4 Å². The van der Waals surface area contributed by atoms with Crippen LogP contribution >= 0.6 is 0 Å². The van der Waals surface area contributed by atoms with Crippen molar-refractivity contribution < 1.29 is 0 Å².